The molecule has 0 amide bonds. The highest BCUT2D eigenvalue weighted by Gasteiger charge is 2.33. The highest BCUT2D eigenvalue weighted by Crippen LogP contribution is 2.32. The predicted octanol–water partition coefficient (Wildman–Crippen LogP) is 2.23. The van der Waals surface area contributed by atoms with E-state index in [1.54, 1.807) is 17.5 Å². The van der Waals surface area contributed by atoms with Crippen molar-refractivity contribution in [3.05, 3.63) is 40.8 Å². The molecular formula is C10H6ClN3O2S2. The Morgan fingerprint density at radius 2 is 2.11 bits per heavy atom. The van der Waals surface area contributed by atoms with Gasteiger partial charge in [-0.2, -0.15) is 5.26 Å². The van der Waals surface area contributed by atoms with Gasteiger partial charge in [-0.3, -0.25) is 4.98 Å². The number of nitriles is 1. The Hall–Kier alpha value is -1.49. The van der Waals surface area contributed by atoms with Gasteiger partial charge in [0.1, 0.15) is 9.90 Å². The van der Waals surface area contributed by atoms with Crippen molar-refractivity contribution < 1.29 is 8.42 Å². The lowest BCUT2D eigenvalue weighted by Gasteiger charge is -2.09. The maximum absolute atomic E-state index is 12.2. The molecule has 0 N–H and O–H groups in total. The van der Waals surface area contributed by atoms with Crippen LogP contribution in [-0.4, -0.2) is 18.4 Å². The van der Waals surface area contributed by atoms with Gasteiger partial charge in [0.05, 0.1) is 6.07 Å². The maximum Gasteiger partial charge on any atom is 0.209 e. The molecule has 1 unspecified atom stereocenters. The number of aromatic nitrogens is 2. The maximum atomic E-state index is 12.2. The van der Waals surface area contributed by atoms with Gasteiger partial charge in [0.15, 0.2) is 10.4 Å². The van der Waals surface area contributed by atoms with Crippen molar-refractivity contribution in [1.29, 1.82) is 5.26 Å². The van der Waals surface area contributed by atoms with E-state index in [1.807, 2.05) is 0 Å². The second-order valence-corrected chi connectivity index (χ2v) is 6.78. The molecule has 0 bridgehead atoms. The molecule has 2 rings (SSSR count). The van der Waals surface area contributed by atoms with Gasteiger partial charge in [-0.25, -0.2) is 13.4 Å². The second kappa shape index (κ2) is 5.02. The van der Waals surface area contributed by atoms with E-state index in [2.05, 4.69) is 9.97 Å². The minimum absolute atomic E-state index is 0.0462. The fraction of sp³-hybridized carbons (Fsp3) is 0.100. The SMILES string of the molecule is N#CC(c1nccnc1Cl)S(=O)(=O)c1cccs1. The van der Waals surface area contributed by atoms with Crippen LogP contribution in [0.4, 0.5) is 0 Å². The van der Waals surface area contributed by atoms with E-state index in [-0.39, 0.29) is 15.1 Å². The van der Waals surface area contributed by atoms with Crippen LogP contribution >= 0.6 is 22.9 Å². The van der Waals surface area contributed by atoms with E-state index >= 15 is 0 Å². The van der Waals surface area contributed by atoms with Gasteiger partial charge in [-0.05, 0) is 11.4 Å². The summed E-state index contributed by atoms with van der Waals surface area (Å²) in [5.41, 5.74) is -0.0462. The van der Waals surface area contributed by atoms with Crippen LogP contribution in [0.2, 0.25) is 5.15 Å². The molecule has 2 aromatic rings. The van der Waals surface area contributed by atoms with Crippen LogP contribution in [0.5, 0.6) is 0 Å². The van der Waals surface area contributed by atoms with Gasteiger partial charge in [-0.1, -0.05) is 17.7 Å². The van der Waals surface area contributed by atoms with Gasteiger partial charge in [-0.15, -0.1) is 11.3 Å². The molecule has 2 aromatic heterocycles. The third-order valence-corrected chi connectivity index (χ3v) is 5.72. The van der Waals surface area contributed by atoms with Crippen molar-refractivity contribution in [2.24, 2.45) is 0 Å². The third kappa shape index (κ3) is 2.22. The molecule has 92 valence electrons. The van der Waals surface area contributed by atoms with Gasteiger partial charge in [0.25, 0.3) is 0 Å². The van der Waals surface area contributed by atoms with Crippen molar-refractivity contribution in [3.8, 4) is 6.07 Å². The van der Waals surface area contributed by atoms with Gasteiger partial charge < -0.3 is 0 Å². The molecular weight excluding hydrogens is 294 g/mol. The summed E-state index contributed by atoms with van der Waals surface area (Å²) in [4.78, 5) is 7.57. The summed E-state index contributed by atoms with van der Waals surface area (Å²) in [6.07, 6.45) is 2.63. The van der Waals surface area contributed by atoms with Gasteiger partial charge in [0, 0.05) is 12.4 Å². The molecule has 0 radical (unpaired) electrons. The highest BCUT2D eigenvalue weighted by molar-refractivity contribution is 7.93. The van der Waals surface area contributed by atoms with E-state index in [0.717, 1.165) is 11.3 Å². The van der Waals surface area contributed by atoms with Crippen molar-refractivity contribution in [2.75, 3.05) is 0 Å². The molecule has 18 heavy (non-hydrogen) atoms. The molecule has 0 saturated heterocycles. The Balaban J connectivity index is 2.56. The van der Waals surface area contributed by atoms with E-state index < -0.39 is 15.1 Å². The first-order chi connectivity index (χ1) is 8.57. The monoisotopic (exact) mass is 299 g/mol. The Labute approximate surface area is 113 Å². The number of sulfone groups is 1. The smallest absolute Gasteiger partial charge is 0.209 e. The Morgan fingerprint density at radius 1 is 1.39 bits per heavy atom. The topological polar surface area (TPSA) is 83.7 Å². The number of thiophene rings is 1. The predicted molar refractivity (Wildman–Crippen MR) is 66.9 cm³/mol. The van der Waals surface area contributed by atoms with E-state index in [1.165, 1.54) is 18.5 Å². The lowest BCUT2D eigenvalue weighted by molar-refractivity contribution is 0.592. The average molecular weight is 300 g/mol. The van der Waals surface area contributed by atoms with Crippen LogP contribution in [0, 0.1) is 11.3 Å². The minimum atomic E-state index is -3.81. The zero-order valence-corrected chi connectivity index (χ0v) is 11.2. The number of nitrogens with zero attached hydrogens (tertiary/aromatic N) is 3. The van der Waals surface area contributed by atoms with E-state index in [4.69, 9.17) is 16.9 Å². The zero-order chi connectivity index (χ0) is 13.2. The second-order valence-electron chi connectivity index (χ2n) is 3.22. The molecule has 5 nitrogen and oxygen atoms in total. The molecule has 8 heteroatoms. The van der Waals surface area contributed by atoms with E-state index in [0.29, 0.717) is 0 Å². The van der Waals surface area contributed by atoms with Crippen LogP contribution < -0.4 is 0 Å². The fourth-order valence-electron chi connectivity index (χ4n) is 1.33. The summed E-state index contributed by atoms with van der Waals surface area (Å²) in [7, 11) is -3.81. The Morgan fingerprint density at radius 3 is 2.67 bits per heavy atom. The third-order valence-electron chi connectivity index (χ3n) is 2.13. The van der Waals surface area contributed by atoms with Gasteiger partial charge >= 0.3 is 0 Å². The standard InChI is InChI=1S/C10H6ClN3O2S2/c11-10-9(13-3-4-14-10)7(6-12)18(15,16)8-2-1-5-17-8/h1-5,7H. The Kier molecular flexibility index (Phi) is 3.61. The quantitative estimate of drug-likeness (QED) is 0.867. The van der Waals surface area contributed by atoms with Crippen LogP contribution in [0.3, 0.4) is 0 Å². The average Bonchev–Trinajstić information content (AvgIpc) is 2.86. The number of hydrogen-bond acceptors (Lipinski definition) is 6. The molecule has 1 atom stereocenters. The van der Waals surface area contributed by atoms with Crippen molar-refractivity contribution >= 4 is 32.8 Å². The summed E-state index contributed by atoms with van der Waals surface area (Å²) in [5, 5.41) is 9.19. The molecule has 0 aliphatic heterocycles. The molecule has 0 fully saturated rings. The Bertz CT molecular complexity index is 692. The molecule has 0 spiro atoms. The normalized spacial score (nSPS) is 12.9. The zero-order valence-electron chi connectivity index (χ0n) is 8.82. The van der Waals surface area contributed by atoms with Crippen LogP contribution in [0.25, 0.3) is 0 Å². The fourth-order valence-corrected chi connectivity index (χ4v) is 4.15. The molecule has 2 heterocycles. The summed E-state index contributed by atoms with van der Waals surface area (Å²) < 4.78 is 24.6. The largest absolute Gasteiger partial charge is 0.254 e. The van der Waals surface area contributed by atoms with Crippen molar-refractivity contribution in [2.45, 2.75) is 9.46 Å². The van der Waals surface area contributed by atoms with Gasteiger partial charge in [0.2, 0.25) is 9.84 Å². The van der Waals surface area contributed by atoms with Crippen molar-refractivity contribution in [3.63, 3.8) is 0 Å². The summed E-state index contributed by atoms with van der Waals surface area (Å²) in [6.45, 7) is 0. The highest BCUT2D eigenvalue weighted by atomic mass is 35.5. The summed E-state index contributed by atoms with van der Waals surface area (Å²) in [6, 6.07) is 4.76. The van der Waals surface area contributed by atoms with Crippen LogP contribution in [0.1, 0.15) is 10.9 Å². The lowest BCUT2D eigenvalue weighted by atomic mass is 10.3. The first-order valence-electron chi connectivity index (χ1n) is 4.71. The molecule has 0 aliphatic rings. The first-order valence-corrected chi connectivity index (χ1v) is 7.51. The summed E-state index contributed by atoms with van der Waals surface area (Å²) in [5.74, 6) is 0. The minimum Gasteiger partial charge on any atom is -0.254 e. The first kappa shape index (κ1) is 13.0. The van der Waals surface area contributed by atoms with Crippen LogP contribution in [0.15, 0.2) is 34.1 Å². The molecule has 0 saturated carbocycles. The molecule has 0 aliphatic carbocycles. The van der Waals surface area contributed by atoms with Crippen molar-refractivity contribution in [1.82, 2.24) is 9.97 Å². The number of hydrogen-bond donors (Lipinski definition) is 0. The molecule has 0 aromatic carbocycles. The lowest BCUT2D eigenvalue weighted by Crippen LogP contribution is -2.13. The number of rotatable bonds is 3. The van der Waals surface area contributed by atoms with Crippen LogP contribution in [-0.2, 0) is 9.84 Å². The number of halogens is 1. The summed E-state index contributed by atoms with van der Waals surface area (Å²) >= 11 is 6.82. The van der Waals surface area contributed by atoms with E-state index in [9.17, 15) is 8.42 Å².